The molecule has 6 nitrogen and oxygen atoms in total. The molecule has 0 aromatic heterocycles. The maximum Gasteiger partial charge on any atom is 0.244 e. The van der Waals surface area contributed by atoms with Crippen molar-refractivity contribution >= 4 is 17.5 Å². The number of likely N-dealkylation sites (tertiary alicyclic amines) is 1. The minimum Gasteiger partial charge on any atom is -0.493 e. The van der Waals surface area contributed by atoms with E-state index in [1.807, 2.05) is 36.1 Å². The van der Waals surface area contributed by atoms with Crippen molar-refractivity contribution < 1.29 is 14.3 Å². The van der Waals surface area contributed by atoms with E-state index in [0.29, 0.717) is 18.8 Å². The lowest BCUT2D eigenvalue weighted by Crippen LogP contribution is -2.39. The molecular formula is C17H25N3O3. The second kappa shape index (κ2) is 8.41. The van der Waals surface area contributed by atoms with Gasteiger partial charge in [-0.15, -0.1) is 0 Å². The van der Waals surface area contributed by atoms with Gasteiger partial charge in [-0.3, -0.25) is 9.59 Å². The Morgan fingerprint density at radius 3 is 2.48 bits per heavy atom. The Labute approximate surface area is 137 Å². The molecule has 2 rings (SSSR count). The van der Waals surface area contributed by atoms with Crippen molar-refractivity contribution in [1.82, 2.24) is 10.2 Å². The summed E-state index contributed by atoms with van der Waals surface area (Å²) in [5, 5.41) is 5.77. The highest BCUT2D eigenvalue weighted by Crippen LogP contribution is 2.18. The minimum atomic E-state index is -0.242. The standard InChI is InChI=1S/C17H25N3O3/c1-13(17(22)20-10-3-4-11-20)19-14-5-7-15(8-6-14)23-12-9-16(21)18-2/h5-8,13,19H,3-4,9-12H2,1-2H3,(H,18,21)/t13-/m0/s1. The van der Waals surface area contributed by atoms with E-state index in [-0.39, 0.29) is 17.9 Å². The third kappa shape index (κ3) is 5.16. The van der Waals surface area contributed by atoms with E-state index in [1.54, 1.807) is 7.05 Å². The highest BCUT2D eigenvalue weighted by atomic mass is 16.5. The van der Waals surface area contributed by atoms with Crippen LogP contribution in [0.5, 0.6) is 5.75 Å². The Bertz CT molecular complexity index is 524. The fourth-order valence-electron chi connectivity index (χ4n) is 2.56. The largest absolute Gasteiger partial charge is 0.493 e. The van der Waals surface area contributed by atoms with Gasteiger partial charge < -0.3 is 20.3 Å². The van der Waals surface area contributed by atoms with Gasteiger partial charge in [0.1, 0.15) is 11.8 Å². The van der Waals surface area contributed by atoms with Crippen LogP contribution in [0.25, 0.3) is 0 Å². The Morgan fingerprint density at radius 2 is 1.87 bits per heavy atom. The van der Waals surface area contributed by atoms with Crippen molar-refractivity contribution in [1.29, 1.82) is 0 Å². The van der Waals surface area contributed by atoms with Crippen LogP contribution in [0.1, 0.15) is 26.2 Å². The molecule has 0 bridgehead atoms. The van der Waals surface area contributed by atoms with Crippen molar-refractivity contribution in [3.63, 3.8) is 0 Å². The molecule has 0 spiro atoms. The molecule has 2 N–H and O–H groups in total. The van der Waals surface area contributed by atoms with Crippen LogP contribution < -0.4 is 15.4 Å². The minimum absolute atomic E-state index is 0.0439. The molecule has 1 saturated heterocycles. The molecule has 0 saturated carbocycles. The second-order valence-electron chi connectivity index (χ2n) is 5.69. The summed E-state index contributed by atoms with van der Waals surface area (Å²) < 4.78 is 5.50. The quantitative estimate of drug-likeness (QED) is 0.801. The van der Waals surface area contributed by atoms with E-state index in [4.69, 9.17) is 4.74 Å². The molecule has 6 heteroatoms. The van der Waals surface area contributed by atoms with Crippen LogP contribution in [-0.4, -0.2) is 49.5 Å². The van der Waals surface area contributed by atoms with E-state index < -0.39 is 0 Å². The molecule has 1 aromatic rings. The molecule has 2 amide bonds. The van der Waals surface area contributed by atoms with Crippen molar-refractivity contribution in [3.8, 4) is 5.75 Å². The van der Waals surface area contributed by atoms with E-state index in [2.05, 4.69) is 10.6 Å². The summed E-state index contributed by atoms with van der Waals surface area (Å²) >= 11 is 0. The third-order valence-electron chi connectivity index (χ3n) is 3.90. The summed E-state index contributed by atoms with van der Waals surface area (Å²) in [6, 6.07) is 7.18. The summed E-state index contributed by atoms with van der Waals surface area (Å²) in [5.74, 6) is 0.809. The third-order valence-corrected chi connectivity index (χ3v) is 3.90. The lowest BCUT2D eigenvalue weighted by atomic mass is 10.2. The van der Waals surface area contributed by atoms with Crippen LogP contribution >= 0.6 is 0 Å². The van der Waals surface area contributed by atoms with Gasteiger partial charge in [-0.25, -0.2) is 0 Å². The average Bonchev–Trinajstić information content (AvgIpc) is 3.10. The number of ether oxygens (including phenoxy) is 1. The predicted molar refractivity (Wildman–Crippen MR) is 89.5 cm³/mol. The van der Waals surface area contributed by atoms with Crippen LogP contribution in [0.2, 0.25) is 0 Å². The number of carbonyl (C=O) groups excluding carboxylic acids is 2. The number of benzene rings is 1. The first-order valence-corrected chi connectivity index (χ1v) is 8.09. The summed E-state index contributed by atoms with van der Waals surface area (Å²) in [6.07, 6.45) is 2.53. The van der Waals surface area contributed by atoms with E-state index in [9.17, 15) is 9.59 Å². The number of amides is 2. The monoisotopic (exact) mass is 319 g/mol. The van der Waals surface area contributed by atoms with Gasteiger partial charge in [0.05, 0.1) is 13.0 Å². The van der Waals surface area contributed by atoms with Crippen LogP contribution in [-0.2, 0) is 9.59 Å². The molecule has 0 aliphatic carbocycles. The Hall–Kier alpha value is -2.24. The molecule has 1 aromatic carbocycles. The van der Waals surface area contributed by atoms with E-state index in [1.165, 1.54) is 0 Å². The summed E-state index contributed by atoms with van der Waals surface area (Å²) in [6.45, 7) is 3.96. The molecule has 1 aliphatic heterocycles. The number of nitrogens with zero attached hydrogens (tertiary/aromatic N) is 1. The van der Waals surface area contributed by atoms with Crippen molar-refractivity contribution in [2.75, 3.05) is 32.1 Å². The molecule has 23 heavy (non-hydrogen) atoms. The fraction of sp³-hybridized carbons (Fsp3) is 0.529. The summed E-state index contributed by atoms with van der Waals surface area (Å²) in [5.41, 5.74) is 0.878. The van der Waals surface area contributed by atoms with E-state index >= 15 is 0 Å². The number of rotatable bonds is 7. The summed E-state index contributed by atoms with van der Waals surface area (Å²) in [4.78, 5) is 25.3. The SMILES string of the molecule is CNC(=O)CCOc1ccc(N[C@@H](C)C(=O)N2CCCC2)cc1. The zero-order valence-electron chi connectivity index (χ0n) is 13.8. The maximum absolute atomic E-state index is 12.3. The first-order valence-electron chi connectivity index (χ1n) is 8.09. The van der Waals surface area contributed by atoms with Gasteiger partial charge in [0.25, 0.3) is 0 Å². The second-order valence-corrected chi connectivity index (χ2v) is 5.69. The Morgan fingerprint density at radius 1 is 1.22 bits per heavy atom. The molecule has 1 fully saturated rings. The summed E-state index contributed by atoms with van der Waals surface area (Å²) in [7, 11) is 1.60. The van der Waals surface area contributed by atoms with Gasteiger partial charge in [0.2, 0.25) is 11.8 Å². The zero-order valence-corrected chi connectivity index (χ0v) is 13.8. The number of hydrogen-bond donors (Lipinski definition) is 2. The number of anilines is 1. The number of carbonyl (C=O) groups is 2. The first-order chi connectivity index (χ1) is 11.1. The normalized spacial score (nSPS) is 15.1. The number of hydrogen-bond acceptors (Lipinski definition) is 4. The molecule has 1 aliphatic rings. The zero-order chi connectivity index (χ0) is 16.7. The van der Waals surface area contributed by atoms with Crippen LogP contribution in [0.15, 0.2) is 24.3 Å². The van der Waals surface area contributed by atoms with Gasteiger partial charge in [0.15, 0.2) is 0 Å². The smallest absolute Gasteiger partial charge is 0.244 e. The van der Waals surface area contributed by atoms with Gasteiger partial charge in [-0.1, -0.05) is 0 Å². The molecule has 0 radical (unpaired) electrons. The molecule has 1 atom stereocenters. The van der Waals surface area contributed by atoms with E-state index in [0.717, 1.165) is 31.6 Å². The van der Waals surface area contributed by atoms with Gasteiger partial charge in [0, 0.05) is 25.8 Å². The lowest BCUT2D eigenvalue weighted by molar-refractivity contribution is -0.130. The molecule has 126 valence electrons. The first kappa shape index (κ1) is 17.1. The highest BCUT2D eigenvalue weighted by Gasteiger charge is 2.22. The van der Waals surface area contributed by atoms with Crippen LogP contribution in [0.4, 0.5) is 5.69 Å². The van der Waals surface area contributed by atoms with Gasteiger partial charge in [-0.05, 0) is 44.0 Å². The number of nitrogens with one attached hydrogen (secondary N) is 2. The topological polar surface area (TPSA) is 70.7 Å². The molecule has 0 unspecified atom stereocenters. The lowest BCUT2D eigenvalue weighted by Gasteiger charge is -2.22. The Balaban J connectivity index is 1.79. The highest BCUT2D eigenvalue weighted by molar-refractivity contribution is 5.84. The van der Waals surface area contributed by atoms with Gasteiger partial charge in [-0.2, -0.15) is 0 Å². The Kier molecular flexibility index (Phi) is 6.26. The molecule has 1 heterocycles. The molecular weight excluding hydrogens is 294 g/mol. The van der Waals surface area contributed by atoms with Crippen LogP contribution in [0, 0.1) is 0 Å². The predicted octanol–water partition coefficient (Wildman–Crippen LogP) is 1.62. The van der Waals surface area contributed by atoms with Gasteiger partial charge >= 0.3 is 0 Å². The van der Waals surface area contributed by atoms with Crippen molar-refractivity contribution in [3.05, 3.63) is 24.3 Å². The van der Waals surface area contributed by atoms with Crippen molar-refractivity contribution in [2.45, 2.75) is 32.2 Å². The maximum atomic E-state index is 12.3. The van der Waals surface area contributed by atoms with Crippen molar-refractivity contribution in [2.24, 2.45) is 0 Å². The van der Waals surface area contributed by atoms with Crippen LogP contribution in [0.3, 0.4) is 0 Å². The fourth-order valence-corrected chi connectivity index (χ4v) is 2.56. The average molecular weight is 319 g/mol.